The Kier molecular flexibility index (Phi) is 6.82. The predicted molar refractivity (Wildman–Crippen MR) is 119 cm³/mol. The number of carbonyl (C=O) groups excluding carboxylic acids is 1. The van der Waals surface area contributed by atoms with Gasteiger partial charge in [0.2, 0.25) is 0 Å². The maximum atomic E-state index is 12.9. The zero-order valence-corrected chi connectivity index (χ0v) is 18.2. The molecule has 2 aromatic carbocycles. The third kappa shape index (κ3) is 5.48. The molecule has 0 saturated carbocycles. The van der Waals surface area contributed by atoms with Crippen molar-refractivity contribution in [2.45, 2.75) is 39.1 Å². The van der Waals surface area contributed by atoms with E-state index < -0.39 is 0 Å². The van der Waals surface area contributed by atoms with Crippen LogP contribution in [-0.4, -0.2) is 72.1 Å². The van der Waals surface area contributed by atoms with Crippen LogP contribution in [0.25, 0.3) is 0 Å². The third-order valence-corrected chi connectivity index (χ3v) is 6.01. The topological polar surface area (TPSA) is 36.0 Å². The van der Waals surface area contributed by atoms with Gasteiger partial charge < -0.3 is 9.64 Å². The van der Waals surface area contributed by atoms with Crippen LogP contribution < -0.4 is 0 Å². The second kappa shape index (κ2) is 9.73. The molecule has 30 heavy (non-hydrogen) atoms. The Labute approximate surface area is 180 Å². The fraction of sp³-hybridized carbons (Fsp3) is 0.480. The summed E-state index contributed by atoms with van der Waals surface area (Å²) in [5.41, 5.74) is 3.37. The zero-order valence-electron chi connectivity index (χ0n) is 18.2. The molecule has 0 N–H and O–H groups in total. The van der Waals surface area contributed by atoms with Crippen molar-refractivity contribution >= 4 is 5.91 Å². The number of amides is 1. The highest BCUT2D eigenvalue weighted by atomic mass is 16.5. The molecule has 4 rings (SSSR count). The van der Waals surface area contributed by atoms with Crippen molar-refractivity contribution in [2.24, 2.45) is 0 Å². The number of ether oxygens (including phenoxy) is 1. The Balaban J connectivity index is 1.28. The fourth-order valence-electron chi connectivity index (χ4n) is 4.56. The number of carbonyl (C=O) groups is 1. The first-order valence-corrected chi connectivity index (χ1v) is 11.1. The molecule has 2 unspecified atom stereocenters. The van der Waals surface area contributed by atoms with E-state index in [0.29, 0.717) is 0 Å². The van der Waals surface area contributed by atoms with Crippen LogP contribution in [-0.2, 0) is 17.8 Å². The van der Waals surface area contributed by atoms with Crippen molar-refractivity contribution < 1.29 is 9.53 Å². The van der Waals surface area contributed by atoms with E-state index in [1.807, 2.05) is 23.1 Å². The number of benzene rings is 2. The monoisotopic (exact) mass is 407 g/mol. The van der Waals surface area contributed by atoms with E-state index in [0.717, 1.165) is 57.9 Å². The van der Waals surface area contributed by atoms with Gasteiger partial charge >= 0.3 is 0 Å². The summed E-state index contributed by atoms with van der Waals surface area (Å²) in [7, 11) is 0. The van der Waals surface area contributed by atoms with Crippen molar-refractivity contribution in [1.82, 2.24) is 14.7 Å². The minimum absolute atomic E-state index is 0.148. The molecular formula is C25H33N3O2. The summed E-state index contributed by atoms with van der Waals surface area (Å²) in [5.74, 6) is 0.148. The van der Waals surface area contributed by atoms with E-state index in [2.05, 4.69) is 60.0 Å². The van der Waals surface area contributed by atoms with Crippen molar-refractivity contribution in [1.29, 1.82) is 0 Å². The summed E-state index contributed by atoms with van der Waals surface area (Å²) < 4.78 is 5.82. The Hall–Kier alpha value is -2.21. The number of hydrogen-bond acceptors (Lipinski definition) is 4. The highest BCUT2D eigenvalue weighted by molar-refractivity contribution is 5.94. The van der Waals surface area contributed by atoms with Crippen molar-refractivity contribution in [3.8, 4) is 0 Å². The largest absolute Gasteiger partial charge is 0.373 e. The van der Waals surface area contributed by atoms with Crippen molar-refractivity contribution in [3.05, 3.63) is 71.3 Å². The zero-order chi connectivity index (χ0) is 20.9. The molecular weight excluding hydrogens is 374 g/mol. The van der Waals surface area contributed by atoms with Gasteiger partial charge in [-0.2, -0.15) is 0 Å². The lowest BCUT2D eigenvalue weighted by molar-refractivity contribution is -0.0704. The number of rotatable bonds is 5. The van der Waals surface area contributed by atoms with Gasteiger partial charge in [0.15, 0.2) is 0 Å². The quantitative estimate of drug-likeness (QED) is 0.762. The molecule has 2 atom stereocenters. The van der Waals surface area contributed by atoms with Crippen LogP contribution in [0.3, 0.4) is 0 Å². The molecule has 0 bridgehead atoms. The van der Waals surface area contributed by atoms with Crippen molar-refractivity contribution in [3.63, 3.8) is 0 Å². The predicted octanol–water partition coefficient (Wildman–Crippen LogP) is 3.25. The molecule has 0 aromatic heterocycles. The van der Waals surface area contributed by atoms with Gasteiger partial charge in [-0.15, -0.1) is 0 Å². The molecule has 5 nitrogen and oxygen atoms in total. The summed E-state index contributed by atoms with van der Waals surface area (Å²) in [6.45, 7) is 11.5. The first-order valence-electron chi connectivity index (χ1n) is 11.1. The highest BCUT2D eigenvalue weighted by Crippen LogP contribution is 2.16. The van der Waals surface area contributed by atoms with Crippen LogP contribution in [0.2, 0.25) is 0 Å². The van der Waals surface area contributed by atoms with E-state index in [1.54, 1.807) is 0 Å². The third-order valence-electron chi connectivity index (χ3n) is 6.01. The number of piperazine rings is 1. The van der Waals surface area contributed by atoms with Gasteiger partial charge in [0, 0.05) is 57.9 Å². The molecule has 5 heteroatoms. The Morgan fingerprint density at radius 3 is 2.00 bits per heavy atom. The highest BCUT2D eigenvalue weighted by Gasteiger charge is 2.24. The van der Waals surface area contributed by atoms with Gasteiger partial charge in [-0.05, 0) is 37.1 Å². The van der Waals surface area contributed by atoms with Gasteiger partial charge in [-0.1, -0.05) is 42.5 Å². The second-order valence-electron chi connectivity index (χ2n) is 8.70. The van der Waals surface area contributed by atoms with E-state index in [-0.39, 0.29) is 18.1 Å². The minimum atomic E-state index is 0.148. The average molecular weight is 408 g/mol. The summed E-state index contributed by atoms with van der Waals surface area (Å²) in [6.07, 6.45) is 0.547. The van der Waals surface area contributed by atoms with Crippen molar-refractivity contribution in [2.75, 3.05) is 39.3 Å². The molecule has 160 valence electrons. The molecule has 0 spiro atoms. The van der Waals surface area contributed by atoms with E-state index >= 15 is 0 Å². The Morgan fingerprint density at radius 2 is 1.37 bits per heavy atom. The van der Waals surface area contributed by atoms with Gasteiger partial charge in [0.05, 0.1) is 12.2 Å². The first kappa shape index (κ1) is 21.0. The molecule has 2 saturated heterocycles. The Bertz CT molecular complexity index is 806. The molecule has 2 aliphatic heterocycles. The SMILES string of the molecule is CC1CN(Cc2ccc(C(=O)N3CCN(Cc4ccccc4)CC3)cc2)CC(C)O1. The van der Waals surface area contributed by atoms with E-state index in [1.165, 1.54) is 11.1 Å². The number of morpholine rings is 1. The lowest BCUT2D eigenvalue weighted by Crippen LogP contribution is -2.48. The maximum Gasteiger partial charge on any atom is 0.253 e. The number of nitrogens with zero attached hydrogens (tertiary/aromatic N) is 3. The second-order valence-corrected chi connectivity index (χ2v) is 8.70. The molecule has 0 radical (unpaired) electrons. The summed E-state index contributed by atoms with van der Waals surface area (Å²) in [4.78, 5) is 19.8. The van der Waals surface area contributed by atoms with Crippen LogP contribution in [0.1, 0.15) is 35.3 Å². The van der Waals surface area contributed by atoms with Crippen LogP contribution in [0.5, 0.6) is 0 Å². The van der Waals surface area contributed by atoms with Crippen LogP contribution in [0, 0.1) is 0 Å². The van der Waals surface area contributed by atoms with Gasteiger partial charge in [-0.3, -0.25) is 14.6 Å². The number of hydrogen-bond donors (Lipinski definition) is 0. The lowest BCUT2D eigenvalue weighted by Gasteiger charge is -2.35. The summed E-state index contributed by atoms with van der Waals surface area (Å²) in [5, 5.41) is 0. The van der Waals surface area contributed by atoms with E-state index in [4.69, 9.17) is 4.74 Å². The van der Waals surface area contributed by atoms with Gasteiger partial charge in [-0.25, -0.2) is 0 Å². The molecule has 2 fully saturated rings. The molecule has 2 aromatic rings. The minimum Gasteiger partial charge on any atom is -0.373 e. The van der Waals surface area contributed by atoms with Crippen LogP contribution in [0.4, 0.5) is 0 Å². The lowest BCUT2D eigenvalue weighted by atomic mass is 10.1. The normalized spacial score (nSPS) is 23.5. The van der Waals surface area contributed by atoms with Crippen LogP contribution in [0.15, 0.2) is 54.6 Å². The summed E-state index contributed by atoms with van der Waals surface area (Å²) in [6, 6.07) is 18.7. The van der Waals surface area contributed by atoms with Crippen LogP contribution >= 0.6 is 0 Å². The Morgan fingerprint density at radius 1 is 0.800 bits per heavy atom. The van der Waals surface area contributed by atoms with E-state index in [9.17, 15) is 4.79 Å². The molecule has 1 amide bonds. The molecule has 2 heterocycles. The van der Waals surface area contributed by atoms with Gasteiger partial charge in [0.1, 0.15) is 0 Å². The summed E-state index contributed by atoms with van der Waals surface area (Å²) >= 11 is 0. The molecule has 0 aliphatic carbocycles. The smallest absolute Gasteiger partial charge is 0.253 e. The standard InChI is InChI=1S/C25H33N3O2/c1-20-16-27(17-21(2)30-20)19-23-8-10-24(11-9-23)25(29)28-14-12-26(13-15-28)18-22-6-4-3-5-7-22/h3-11,20-21H,12-19H2,1-2H3. The average Bonchev–Trinajstić information content (AvgIpc) is 2.74. The maximum absolute atomic E-state index is 12.9. The van der Waals surface area contributed by atoms with Gasteiger partial charge in [0.25, 0.3) is 5.91 Å². The molecule has 2 aliphatic rings. The fourth-order valence-corrected chi connectivity index (χ4v) is 4.56. The first-order chi connectivity index (χ1) is 14.6.